The van der Waals surface area contributed by atoms with E-state index in [1.54, 1.807) is 6.26 Å². The van der Waals surface area contributed by atoms with Crippen LogP contribution >= 0.6 is 0 Å². The monoisotopic (exact) mass is 137 g/mol. The van der Waals surface area contributed by atoms with Crippen molar-refractivity contribution in [3.63, 3.8) is 0 Å². The summed E-state index contributed by atoms with van der Waals surface area (Å²) in [6.45, 7) is 4.00. The van der Waals surface area contributed by atoms with Gasteiger partial charge in [-0.15, -0.1) is 0 Å². The van der Waals surface area contributed by atoms with Crippen molar-refractivity contribution in [2.24, 2.45) is 0 Å². The Morgan fingerprint density at radius 2 is 2.10 bits per heavy atom. The smallest absolute Gasteiger partial charge is 0.151 e. The van der Waals surface area contributed by atoms with Crippen LogP contribution in [-0.4, -0.2) is 4.98 Å². The minimum absolute atomic E-state index is 0.921. The van der Waals surface area contributed by atoms with E-state index in [9.17, 15) is 0 Å². The predicted octanol–water partition coefficient (Wildman–Crippen LogP) is 2.79. The van der Waals surface area contributed by atoms with Crippen molar-refractivity contribution in [1.29, 1.82) is 0 Å². The van der Waals surface area contributed by atoms with Crippen LogP contribution in [0.15, 0.2) is 29.1 Å². The van der Waals surface area contributed by atoms with Crippen molar-refractivity contribution in [1.82, 2.24) is 4.98 Å². The van der Waals surface area contributed by atoms with Crippen LogP contribution in [-0.2, 0) is 0 Å². The molecule has 0 radical (unpaired) electrons. The van der Waals surface area contributed by atoms with Crippen LogP contribution in [0.4, 0.5) is 0 Å². The van der Waals surface area contributed by atoms with Crippen molar-refractivity contribution >= 4 is 11.0 Å². The zero-order valence-corrected chi connectivity index (χ0v) is 6.22. The third-order valence-corrected chi connectivity index (χ3v) is 1.18. The average Bonchev–Trinajstić information content (AvgIpc) is 2.49. The average molecular weight is 137 g/mol. The highest BCUT2D eigenvalue weighted by Gasteiger charge is 1.91. The van der Waals surface area contributed by atoms with Gasteiger partial charge in [0, 0.05) is 17.8 Å². The molecule has 0 aliphatic rings. The van der Waals surface area contributed by atoms with E-state index in [-0.39, 0.29) is 0 Å². The third kappa shape index (κ3) is 1.05. The Morgan fingerprint density at radius 1 is 1.30 bits per heavy atom. The lowest BCUT2D eigenvalue weighted by Crippen LogP contribution is -1.44. The molecule has 1 N–H and O–H groups in total. The SMILES string of the molecule is CC.c1cc2c[nH]cc2o1. The summed E-state index contributed by atoms with van der Waals surface area (Å²) < 4.78 is 5.03. The fourth-order valence-electron chi connectivity index (χ4n) is 0.775. The van der Waals surface area contributed by atoms with Crippen LogP contribution in [0.3, 0.4) is 0 Å². The summed E-state index contributed by atoms with van der Waals surface area (Å²) in [4.78, 5) is 2.92. The number of hydrogen-bond donors (Lipinski definition) is 1. The van der Waals surface area contributed by atoms with E-state index in [0.717, 1.165) is 11.0 Å². The number of fused-ring (bicyclic) bond motifs is 1. The molecular formula is C8H11NO. The molecule has 0 spiro atoms. The number of H-pyrrole nitrogens is 1. The molecule has 2 nitrogen and oxygen atoms in total. The molecule has 0 fully saturated rings. The second-order valence-electron chi connectivity index (χ2n) is 1.70. The molecule has 10 heavy (non-hydrogen) atoms. The van der Waals surface area contributed by atoms with E-state index in [2.05, 4.69) is 4.98 Å². The van der Waals surface area contributed by atoms with Crippen LogP contribution < -0.4 is 0 Å². The topological polar surface area (TPSA) is 28.9 Å². The molecule has 2 aromatic heterocycles. The Hall–Kier alpha value is -1.18. The maximum absolute atomic E-state index is 5.03. The minimum atomic E-state index is 0.921. The summed E-state index contributed by atoms with van der Waals surface area (Å²) in [5.41, 5.74) is 0.921. The van der Waals surface area contributed by atoms with Crippen molar-refractivity contribution < 1.29 is 4.42 Å². The first-order chi connectivity index (χ1) is 4.97. The Kier molecular flexibility index (Phi) is 2.15. The van der Waals surface area contributed by atoms with E-state index in [1.165, 1.54) is 0 Å². The second kappa shape index (κ2) is 3.11. The van der Waals surface area contributed by atoms with E-state index >= 15 is 0 Å². The van der Waals surface area contributed by atoms with Crippen molar-refractivity contribution in [3.05, 3.63) is 24.7 Å². The van der Waals surface area contributed by atoms with Gasteiger partial charge in [0.1, 0.15) is 0 Å². The summed E-state index contributed by atoms with van der Waals surface area (Å²) in [6, 6.07) is 1.92. The molecule has 0 aliphatic carbocycles. The number of nitrogens with one attached hydrogen (secondary N) is 1. The zero-order chi connectivity index (χ0) is 7.40. The quantitative estimate of drug-likeness (QED) is 0.594. The standard InChI is InChI=1S/C6H5NO.C2H6/c1-2-8-6-4-7-3-5(1)6;1-2/h1-4,7H;1-2H3. The predicted molar refractivity (Wildman–Crippen MR) is 41.9 cm³/mol. The van der Waals surface area contributed by atoms with Crippen LogP contribution in [0, 0.1) is 0 Å². The molecule has 0 aliphatic heterocycles. The summed E-state index contributed by atoms with van der Waals surface area (Å²) in [5.74, 6) is 0. The van der Waals surface area contributed by atoms with Gasteiger partial charge in [0.25, 0.3) is 0 Å². The molecule has 0 saturated carbocycles. The van der Waals surface area contributed by atoms with E-state index in [0.29, 0.717) is 0 Å². The molecule has 0 amide bonds. The molecule has 0 unspecified atom stereocenters. The van der Waals surface area contributed by atoms with Crippen LogP contribution in [0.2, 0.25) is 0 Å². The van der Waals surface area contributed by atoms with Crippen molar-refractivity contribution in [2.45, 2.75) is 13.8 Å². The second-order valence-corrected chi connectivity index (χ2v) is 1.70. The lowest BCUT2D eigenvalue weighted by atomic mass is 10.4. The normalized spacial score (nSPS) is 9.00. The Labute approximate surface area is 59.9 Å². The van der Waals surface area contributed by atoms with E-state index < -0.39 is 0 Å². The highest BCUT2D eigenvalue weighted by Crippen LogP contribution is 2.11. The molecular weight excluding hydrogens is 126 g/mol. The Morgan fingerprint density at radius 3 is 2.80 bits per heavy atom. The summed E-state index contributed by atoms with van der Waals surface area (Å²) in [6.07, 6.45) is 5.41. The van der Waals surface area contributed by atoms with Gasteiger partial charge in [0.2, 0.25) is 0 Å². The molecule has 0 saturated heterocycles. The summed E-state index contributed by atoms with van der Waals surface area (Å²) in [5, 5.41) is 1.13. The van der Waals surface area contributed by atoms with Crippen LogP contribution in [0.5, 0.6) is 0 Å². The molecule has 0 aromatic carbocycles. The molecule has 2 aromatic rings. The number of rotatable bonds is 0. The van der Waals surface area contributed by atoms with Crippen molar-refractivity contribution in [2.75, 3.05) is 0 Å². The summed E-state index contributed by atoms with van der Waals surface area (Å²) >= 11 is 0. The van der Waals surface area contributed by atoms with Gasteiger partial charge in [-0.3, -0.25) is 0 Å². The number of furan rings is 1. The van der Waals surface area contributed by atoms with Gasteiger partial charge in [-0.2, -0.15) is 0 Å². The zero-order valence-electron chi connectivity index (χ0n) is 6.22. The highest BCUT2D eigenvalue weighted by atomic mass is 16.3. The number of hydrogen-bond acceptors (Lipinski definition) is 1. The first kappa shape index (κ1) is 6.93. The lowest BCUT2D eigenvalue weighted by Gasteiger charge is -1.65. The maximum atomic E-state index is 5.03. The van der Waals surface area contributed by atoms with Gasteiger partial charge in [-0.05, 0) is 6.07 Å². The minimum Gasteiger partial charge on any atom is -0.463 e. The van der Waals surface area contributed by atoms with Gasteiger partial charge in [-0.1, -0.05) is 13.8 Å². The fraction of sp³-hybridized carbons (Fsp3) is 0.250. The van der Waals surface area contributed by atoms with E-state index in [4.69, 9.17) is 4.42 Å². The molecule has 2 heterocycles. The fourth-order valence-corrected chi connectivity index (χ4v) is 0.775. The van der Waals surface area contributed by atoms with Crippen molar-refractivity contribution in [3.8, 4) is 0 Å². The number of aromatic nitrogens is 1. The molecule has 2 rings (SSSR count). The molecule has 0 atom stereocenters. The maximum Gasteiger partial charge on any atom is 0.151 e. The first-order valence-electron chi connectivity index (χ1n) is 3.47. The largest absolute Gasteiger partial charge is 0.463 e. The molecule has 54 valence electrons. The first-order valence-corrected chi connectivity index (χ1v) is 3.47. The number of aromatic amines is 1. The highest BCUT2D eigenvalue weighted by molar-refractivity contribution is 5.75. The van der Waals surface area contributed by atoms with E-state index in [1.807, 2.05) is 32.3 Å². The van der Waals surface area contributed by atoms with Crippen LogP contribution in [0.1, 0.15) is 13.8 Å². The van der Waals surface area contributed by atoms with Gasteiger partial charge in [-0.25, -0.2) is 0 Å². The van der Waals surface area contributed by atoms with Gasteiger partial charge in [0.15, 0.2) is 5.58 Å². The Bertz CT molecular complexity index is 231. The van der Waals surface area contributed by atoms with Crippen LogP contribution in [0.25, 0.3) is 11.0 Å². The third-order valence-electron chi connectivity index (χ3n) is 1.18. The lowest BCUT2D eigenvalue weighted by molar-refractivity contribution is 0.615. The molecule has 0 bridgehead atoms. The molecule has 2 heteroatoms. The van der Waals surface area contributed by atoms with Gasteiger partial charge in [0.05, 0.1) is 6.26 Å². The van der Waals surface area contributed by atoms with Gasteiger partial charge >= 0.3 is 0 Å². The Balaban J connectivity index is 0.000000231. The van der Waals surface area contributed by atoms with Gasteiger partial charge < -0.3 is 9.40 Å². The summed E-state index contributed by atoms with van der Waals surface area (Å²) in [7, 11) is 0.